The molecule has 0 saturated heterocycles. The van der Waals surface area contributed by atoms with Gasteiger partial charge in [0, 0.05) is 46.4 Å². The Morgan fingerprint density at radius 1 is 0.788 bits per heavy atom. The van der Waals surface area contributed by atoms with Gasteiger partial charge in [0.2, 0.25) is 5.95 Å². The van der Waals surface area contributed by atoms with Gasteiger partial charge in [0.05, 0.1) is 10.5 Å². The molecule has 0 spiro atoms. The van der Waals surface area contributed by atoms with Gasteiger partial charge in [-0.05, 0) is 116 Å². The normalized spacial score (nSPS) is 11.6. The number of nitrogens with one attached hydrogen (secondary N) is 2. The molecule has 1 aromatic carbocycles. The molecule has 0 fully saturated rings. The fraction of sp³-hybridized carbons (Fsp3) is 0.270. The Balaban J connectivity index is 1.42. The van der Waals surface area contributed by atoms with Crippen LogP contribution in [0.3, 0.4) is 0 Å². The van der Waals surface area contributed by atoms with Crippen molar-refractivity contribution in [1.29, 1.82) is 0 Å². The number of fused-ring (bicyclic) bond motifs is 1. The molecule has 15 heteroatoms. The highest BCUT2D eigenvalue weighted by atomic mass is 32.2. The second-order valence-corrected chi connectivity index (χ2v) is 15.3. The van der Waals surface area contributed by atoms with Crippen molar-refractivity contribution in [3.8, 4) is 11.8 Å². The zero-order chi connectivity index (χ0) is 37.8. The van der Waals surface area contributed by atoms with E-state index in [-0.39, 0.29) is 22.2 Å². The number of ether oxygens (including phenoxy) is 2. The highest BCUT2D eigenvalue weighted by molar-refractivity contribution is 7.92. The van der Waals surface area contributed by atoms with Crippen LogP contribution in [0.15, 0.2) is 78.1 Å². The number of hydrogen-bond donors (Lipinski definition) is 2. The molecule has 0 aliphatic rings. The molecule has 14 nitrogen and oxygen atoms in total. The van der Waals surface area contributed by atoms with Crippen molar-refractivity contribution in [3.05, 3.63) is 95.8 Å². The minimum atomic E-state index is -3.94. The number of hydrogen-bond acceptors (Lipinski definition) is 12. The summed E-state index contributed by atoms with van der Waals surface area (Å²) in [5.41, 5.74) is 0.688. The summed E-state index contributed by atoms with van der Waals surface area (Å²) in [4.78, 5) is 48.9. The molecule has 0 unspecified atom stereocenters. The Bertz CT molecular complexity index is 2280. The average molecular weight is 723 g/mol. The number of sulfonamides is 1. The molecule has 0 aliphatic heterocycles. The van der Waals surface area contributed by atoms with E-state index in [1.807, 2.05) is 0 Å². The second-order valence-electron chi connectivity index (χ2n) is 13.6. The smallest absolute Gasteiger partial charge is 0.425 e. The maximum Gasteiger partial charge on any atom is 0.425 e. The minimum Gasteiger partial charge on any atom is -0.443 e. The Morgan fingerprint density at radius 2 is 1.42 bits per heavy atom. The molecule has 4 aromatic heterocycles. The lowest BCUT2D eigenvalue weighted by atomic mass is 10.1. The molecule has 2 N–H and O–H groups in total. The van der Waals surface area contributed by atoms with Gasteiger partial charge >= 0.3 is 12.2 Å². The van der Waals surface area contributed by atoms with Crippen LogP contribution in [-0.2, 0) is 19.5 Å². The Labute approximate surface area is 302 Å². The predicted molar refractivity (Wildman–Crippen MR) is 197 cm³/mol. The molecule has 0 saturated carbocycles. The fourth-order valence-corrected chi connectivity index (χ4v) is 5.66. The Morgan fingerprint density at radius 3 is 2.04 bits per heavy atom. The molecule has 5 rings (SSSR count). The number of carbonyl (C=O) groups is 2. The van der Waals surface area contributed by atoms with Crippen LogP contribution in [-0.4, -0.2) is 56.7 Å². The van der Waals surface area contributed by atoms with Gasteiger partial charge in [-0.25, -0.2) is 47.6 Å². The molecule has 0 aliphatic carbocycles. The van der Waals surface area contributed by atoms with E-state index in [1.54, 1.807) is 110 Å². The van der Waals surface area contributed by atoms with E-state index >= 15 is 0 Å². The van der Waals surface area contributed by atoms with Crippen molar-refractivity contribution >= 4 is 56.3 Å². The molecule has 0 atom stereocenters. The Kier molecular flexibility index (Phi) is 10.4. The standard InChI is InChI=1S/C37H38N8O6S/c1-23-20-24(2)42-33(41-23)44-52(48,49)28-14-12-27(13-15-28)43-31-21-29-26(22-40-31)17-19-38-30(29)16-11-25-10-9-18-39-32(25)45(34(46)50-36(3,4)5)35(47)51-37(6,7)8/h9-10,12-15,17-22H,1-8H3,(H,40,43)(H,41,42,44). The predicted octanol–water partition coefficient (Wildman–Crippen LogP) is 7.05. The van der Waals surface area contributed by atoms with Gasteiger partial charge in [0.1, 0.15) is 22.7 Å². The first-order valence-electron chi connectivity index (χ1n) is 16.1. The van der Waals surface area contributed by atoms with Crippen LogP contribution in [0, 0.1) is 25.7 Å². The summed E-state index contributed by atoms with van der Waals surface area (Å²) in [7, 11) is -3.94. The number of aryl methyl sites for hydroxylation is 2. The maximum atomic E-state index is 13.3. The van der Waals surface area contributed by atoms with E-state index in [2.05, 4.69) is 46.8 Å². The van der Waals surface area contributed by atoms with Crippen LogP contribution >= 0.6 is 0 Å². The largest absolute Gasteiger partial charge is 0.443 e. The van der Waals surface area contributed by atoms with Gasteiger partial charge in [-0.3, -0.25) is 0 Å². The van der Waals surface area contributed by atoms with Gasteiger partial charge in [-0.15, -0.1) is 0 Å². The average Bonchev–Trinajstić information content (AvgIpc) is 3.02. The van der Waals surface area contributed by atoms with Crippen molar-refractivity contribution in [2.24, 2.45) is 0 Å². The van der Waals surface area contributed by atoms with E-state index in [1.165, 1.54) is 18.3 Å². The quantitative estimate of drug-likeness (QED) is 0.171. The first-order chi connectivity index (χ1) is 24.4. The highest BCUT2D eigenvalue weighted by Gasteiger charge is 2.34. The Hall–Kier alpha value is -6.14. The molecular formula is C37H38N8O6S. The molecule has 268 valence electrons. The zero-order valence-electron chi connectivity index (χ0n) is 30.0. The number of carbonyl (C=O) groups excluding carboxylic acids is 2. The second kappa shape index (κ2) is 14.6. The van der Waals surface area contributed by atoms with E-state index in [4.69, 9.17) is 9.47 Å². The summed E-state index contributed by atoms with van der Waals surface area (Å²) in [5.74, 6) is 6.43. The first kappa shape index (κ1) is 37.1. The summed E-state index contributed by atoms with van der Waals surface area (Å²) in [6.45, 7) is 13.6. The third kappa shape index (κ3) is 9.55. The van der Waals surface area contributed by atoms with Gasteiger partial charge in [0.15, 0.2) is 5.82 Å². The van der Waals surface area contributed by atoms with Crippen molar-refractivity contribution in [2.45, 2.75) is 71.5 Å². The lowest BCUT2D eigenvalue weighted by Gasteiger charge is -2.28. The van der Waals surface area contributed by atoms with Crippen LogP contribution in [0.4, 0.5) is 32.9 Å². The number of benzene rings is 1. The van der Waals surface area contributed by atoms with Gasteiger partial charge < -0.3 is 14.8 Å². The summed E-state index contributed by atoms with van der Waals surface area (Å²) >= 11 is 0. The van der Waals surface area contributed by atoms with Gasteiger partial charge in [-0.2, -0.15) is 4.90 Å². The van der Waals surface area contributed by atoms with E-state index < -0.39 is 33.4 Å². The third-order valence-electron chi connectivity index (χ3n) is 6.76. The van der Waals surface area contributed by atoms with Crippen LogP contribution in [0.5, 0.6) is 0 Å². The van der Waals surface area contributed by atoms with Crippen molar-refractivity contribution in [1.82, 2.24) is 24.9 Å². The summed E-state index contributed by atoms with van der Waals surface area (Å²) in [6, 6.07) is 14.7. The fourth-order valence-electron chi connectivity index (χ4n) is 4.71. The maximum absolute atomic E-state index is 13.3. The van der Waals surface area contributed by atoms with Crippen LogP contribution in [0.25, 0.3) is 10.8 Å². The van der Waals surface area contributed by atoms with Crippen LogP contribution < -0.4 is 14.9 Å². The van der Waals surface area contributed by atoms with Crippen LogP contribution in [0.2, 0.25) is 0 Å². The molecule has 0 bridgehead atoms. The number of pyridine rings is 3. The summed E-state index contributed by atoms with van der Waals surface area (Å²) in [5, 5.41) is 4.59. The molecule has 52 heavy (non-hydrogen) atoms. The minimum absolute atomic E-state index is 0.00395. The van der Waals surface area contributed by atoms with Crippen molar-refractivity contribution in [3.63, 3.8) is 0 Å². The molecule has 2 amide bonds. The van der Waals surface area contributed by atoms with E-state index in [9.17, 15) is 18.0 Å². The lowest BCUT2D eigenvalue weighted by molar-refractivity contribution is 0.0428. The lowest BCUT2D eigenvalue weighted by Crippen LogP contribution is -2.44. The van der Waals surface area contributed by atoms with Crippen LogP contribution in [0.1, 0.15) is 64.2 Å². The third-order valence-corrected chi connectivity index (χ3v) is 8.10. The monoisotopic (exact) mass is 722 g/mol. The van der Waals surface area contributed by atoms with Crippen molar-refractivity contribution in [2.75, 3.05) is 14.9 Å². The van der Waals surface area contributed by atoms with Gasteiger partial charge in [-0.1, -0.05) is 5.92 Å². The van der Waals surface area contributed by atoms with Crippen molar-refractivity contribution < 1.29 is 27.5 Å². The molecule has 4 heterocycles. The summed E-state index contributed by atoms with van der Waals surface area (Å²) in [6.07, 6.45) is 2.74. The van der Waals surface area contributed by atoms with Gasteiger partial charge in [0.25, 0.3) is 10.0 Å². The number of imide groups is 1. The van der Waals surface area contributed by atoms with E-state index in [0.717, 1.165) is 10.3 Å². The zero-order valence-corrected chi connectivity index (χ0v) is 30.8. The SMILES string of the molecule is Cc1cc(C)nc(NS(=O)(=O)c2ccc(Nc3cc4c(C#Cc5cccnc5N(C(=O)OC(C)(C)C)C(=O)OC(C)(C)C)nccc4cn3)cc2)n1. The molecular weight excluding hydrogens is 685 g/mol. The van der Waals surface area contributed by atoms with E-state index in [0.29, 0.717) is 34.0 Å². The molecule has 5 aromatic rings. The highest BCUT2D eigenvalue weighted by Crippen LogP contribution is 2.26. The summed E-state index contributed by atoms with van der Waals surface area (Å²) < 4.78 is 39.4. The number of amides is 2. The topological polar surface area (TPSA) is 178 Å². The number of rotatable bonds is 6. The molecule has 0 radical (unpaired) electrons. The first-order valence-corrected chi connectivity index (χ1v) is 17.6. The number of nitrogens with zero attached hydrogens (tertiary/aromatic N) is 6. The number of anilines is 4. The number of aromatic nitrogens is 5.